The first-order chi connectivity index (χ1) is 9.27. The number of nitrogens with zero attached hydrogens (tertiary/aromatic N) is 2. The Hall–Kier alpha value is -1.76. The van der Waals surface area contributed by atoms with Crippen LogP contribution in [0.1, 0.15) is 12.5 Å². The average molecular weight is 300 g/mol. The number of anilines is 1. The molecule has 0 N–H and O–H groups in total. The lowest BCUT2D eigenvalue weighted by Gasteiger charge is -2.18. The number of benzene rings is 1. The quantitative estimate of drug-likeness (QED) is 0.793. The smallest absolute Gasteiger partial charge is 0.316 e. The van der Waals surface area contributed by atoms with E-state index in [-0.39, 0.29) is 5.91 Å². The molecule has 0 atom stereocenters. The van der Waals surface area contributed by atoms with Gasteiger partial charge < -0.3 is 4.90 Å². The van der Waals surface area contributed by atoms with Crippen LogP contribution in [-0.2, 0) is 11.0 Å². The number of amidine groups is 1. The van der Waals surface area contributed by atoms with Crippen LogP contribution in [0.3, 0.4) is 0 Å². The molecule has 1 saturated heterocycles. The van der Waals surface area contributed by atoms with Gasteiger partial charge in [0.2, 0.25) is 5.91 Å². The molecule has 7 heteroatoms. The van der Waals surface area contributed by atoms with Crippen molar-refractivity contribution in [1.29, 1.82) is 0 Å². The van der Waals surface area contributed by atoms with Crippen molar-refractivity contribution in [2.24, 2.45) is 4.99 Å². The predicted octanol–water partition coefficient (Wildman–Crippen LogP) is 3.67. The average Bonchev–Trinajstić information content (AvgIpc) is 2.68. The lowest BCUT2D eigenvalue weighted by atomic mass is 10.2. The number of aliphatic imine (C=N–C) groups is 1. The first kappa shape index (κ1) is 14.6. The number of amides is 1. The molecule has 0 unspecified atom stereocenters. The molecule has 0 aromatic heterocycles. The van der Waals surface area contributed by atoms with Gasteiger partial charge in [0.05, 0.1) is 12.1 Å². The van der Waals surface area contributed by atoms with Crippen LogP contribution >= 0.6 is 11.8 Å². The van der Waals surface area contributed by atoms with Crippen molar-refractivity contribution in [3.63, 3.8) is 0 Å². The summed E-state index contributed by atoms with van der Waals surface area (Å²) in [6.45, 7) is 5.53. The minimum Gasteiger partial charge on any atom is -0.316 e. The fourth-order valence-corrected chi connectivity index (χ4v) is 2.62. The monoisotopic (exact) mass is 300 g/mol. The Bertz CT molecular complexity index is 578. The highest BCUT2D eigenvalue weighted by atomic mass is 32.2. The summed E-state index contributed by atoms with van der Waals surface area (Å²) in [5.74, 6) is -0.362. The van der Waals surface area contributed by atoms with E-state index < -0.39 is 11.7 Å². The summed E-state index contributed by atoms with van der Waals surface area (Å²) in [6, 6.07) is 4.73. The summed E-state index contributed by atoms with van der Waals surface area (Å²) in [7, 11) is 0. The van der Waals surface area contributed by atoms with E-state index in [1.165, 1.54) is 30.8 Å². The fraction of sp³-hybridized carbons (Fsp3) is 0.231. The molecule has 0 aliphatic carbocycles. The Morgan fingerprint density at radius 3 is 2.45 bits per heavy atom. The number of rotatable bonds is 1. The second-order valence-electron chi connectivity index (χ2n) is 4.18. The van der Waals surface area contributed by atoms with Crippen LogP contribution in [0.5, 0.6) is 0 Å². The molecule has 0 spiro atoms. The lowest BCUT2D eigenvalue weighted by molar-refractivity contribution is -0.137. The van der Waals surface area contributed by atoms with Crippen molar-refractivity contribution in [3.8, 4) is 0 Å². The zero-order valence-electron chi connectivity index (χ0n) is 10.6. The summed E-state index contributed by atoms with van der Waals surface area (Å²) < 4.78 is 37.5. The Morgan fingerprint density at radius 2 is 1.95 bits per heavy atom. The number of alkyl halides is 3. The van der Waals surface area contributed by atoms with Crippen molar-refractivity contribution >= 4 is 28.5 Å². The highest BCUT2D eigenvalue weighted by Gasteiger charge is 2.31. The Labute approximate surface area is 118 Å². The van der Waals surface area contributed by atoms with E-state index in [0.29, 0.717) is 17.4 Å². The number of thioether (sulfide) groups is 1. The minimum atomic E-state index is -4.36. The molecule has 1 aromatic carbocycles. The van der Waals surface area contributed by atoms with Crippen molar-refractivity contribution in [2.45, 2.75) is 13.1 Å². The van der Waals surface area contributed by atoms with Gasteiger partial charge in [-0.15, -0.1) is 0 Å². The SMILES string of the molecule is C=C1CN(c2ccc(C(F)(F)F)cc2)C(=NC(C)=O)S1. The third-order valence-corrected chi connectivity index (χ3v) is 3.47. The van der Waals surface area contributed by atoms with E-state index in [1.807, 2.05) is 0 Å². The normalized spacial score (nSPS) is 17.9. The van der Waals surface area contributed by atoms with Crippen molar-refractivity contribution in [2.75, 3.05) is 11.4 Å². The molecule has 1 aromatic rings. The zero-order chi connectivity index (χ0) is 14.9. The molecule has 3 nitrogen and oxygen atoms in total. The standard InChI is InChI=1S/C13H11F3N2OS/c1-8-7-18(12(20-8)17-9(2)19)11-5-3-10(4-6-11)13(14,15)16/h3-6H,1,7H2,2H3. The van der Waals surface area contributed by atoms with E-state index in [0.717, 1.165) is 17.0 Å². The molecule has 1 fully saturated rings. The Morgan fingerprint density at radius 1 is 1.35 bits per heavy atom. The topological polar surface area (TPSA) is 32.7 Å². The number of halogens is 3. The van der Waals surface area contributed by atoms with Crippen molar-refractivity contribution in [3.05, 3.63) is 41.3 Å². The Kier molecular flexibility index (Phi) is 3.89. The second kappa shape index (κ2) is 5.32. The van der Waals surface area contributed by atoms with Crippen molar-refractivity contribution in [1.82, 2.24) is 0 Å². The molecule has 0 bridgehead atoms. The third kappa shape index (κ3) is 3.22. The van der Waals surface area contributed by atoms with Gasteiger partial charge in [-0.2, -0.15) is 18.2 Å². The third-order valence-electron chi connectivity index (χ3n) is 2.56. The van der Waals surface area contributed by atoms with E-state index in [4.69, 9.17) is 0 Å². The molecule has 0 saturated carbocycles. The molecular formula is C13H11F3N2OS. The fourth-order valence-electron chi connectivity index (χ4n) is 1.71. The van der Waals surface area contributed by atoms with Gasteiger partial charge in [0.25, 0.3) is 0 Å². The van der Waals surface area contributed by atoms with Gasteiger partial charge in [0, 0.05) is 17.5 Å². The van der Waals surface area contributed by atoms with E-state index in [1.54, 1.807) is 4.90 Å². The lowest BCUT2D eigenvalue weighted by Crippen LogP contribution is -2.24. The first-order valence-electron chi connectivity index (χ1n) is 5.67. The molecular weight excluding hydrogens is 289 g/mol. The van der Waals surface area contributed by atoms with Gasteiger partial charge >= 0.3 is 6.18 Å². The second-order valence-corrected chi connectivity index (χ2v) is 5.33. The number of hydrogen-bond acceptors (Lipinski definition) is 2. The number of carbonyl (C=O) groups excluding carboxylic acids is 1. The minimum absolute atomic E-state index is 0.362. The summed E-state index contributed by atoms with van der Waals surface area (Å²) in [5, 5.41) is 0.433. The molecule has 1 amide bonds. The first-order valence-corrected chi connectivity index (χ1v) is 6.48. The maximum absolute atomic E-state index is 12.5. The maximum atomic E-state index is 12.5. The van der Waals surface area contributed by atoms with E-state index >= 15 is 0 Å². The van der Waals surface area contributed by atoms with Crippen LogP contribution in [0.2, 0.25) is 0 Å². The van der Waals surface area contributed by atoms with Gasteiger partial charge in [0.15, 0.2) is 5.17 Å². The molecule has 106 valence electrons. The predicted molar refractivity (Wildman–Crippen MR) is 73.6 cm³/mol. The van der Waals surface area contributed by atoms with Crippen LogP contribution in [0.15, 0.2) is 40.7 Å². The van der Waals surface area contributed by atoms with E-state index in [2.05, 4.69) is 11.6 Å². The highest BCUT2D eigenvalue weighted by molar-refractivity contribution is 8.18. The van der Waals surface area contributed by atoms with Gasteiger partial charge in [-0.1, -0.05) is 18.3 Å². The van der Waals surface area contributed by atoms with E-state index in [9.17, 15) is 18.0 Å². The van der Waals surface area contributed by atoms with Gasteiger partial charge in [-0.05, 0) is 24.3 Å². The van der Waals surface area contributed by atoms with Crippen LogP contribution in [0.4, 0.5) is 18.9 Å². The summed E-state index contributed by atoms with van der Waals surface area (Å²) in [5.41, 5.74) is -0.166. The van der Waals surface area contributed by atoms with Crippen LogP contribution in [0.25, 0.3) is 0 Å². The zero-order valence-corrected chi connectivity index (χ0v) is 11.4. The molecule has 1 heterocycles. The number of carbonyl (C=O) groups is 1. The maximum Gasteiger partial charge on any atom is 0.416 e. The van der Waals surface area contributed by atoms with Gasteiger partial charge in [0.1, 0.15) is 0 Å². The van der Waals surface area contributed by atoms with Crippen molar-refractivity contribution < 1.29 is 18.0 Å². The highest BCUT2D eigenvalue weighted by Crippen LogP contribution is 2.35. The number of hydrogen-bond donors (Lipinski definition) is 0. The summed E-state index contributed by atoms with van der Waals surface area (Å²) in [4.78, 5) is 17.3. The summed E-state index contributed by atoms with van der Waals surface area (Å²) in [6.07, 6.45) is -4.36. The largest absolute Gasteiger partial charge is 0.416 e. The Balaban J connectivity index is 2.31. The van der Waals surface area contributed by atoms with Gasteiger partial charge in [-0.25, -0.2) is 0 Å². The van der Waals surface area contributed by atoms with Crippen LogP contribution < -0.4 is 4.90 Å². The molecule has 2 rings (SSSR count). The van der Waals surface area contributed by atoms with Crippen LogP contribution in [-0.4, -0.2) is 17.6 Å². The van der Waals surface area contributed by atoms with Gasteiger partial charge in [-0.3, -0.25) is 4.79 Å². The van der Waals surface area contributed by atoms with Crippen LogP contribution in [0, 0.1) is 0 Å². The molecule has 0 radical (unpaired) electrons. The molecule has 1 aliphatic heterocycles. The molecule has 20 heavy (non-hydrogen) atoms. The summed E-state index contributed by atoms with van der Waals surface area (Å²) >= 11 is 1.24. The molecule has 1 aliphatic rings.